The third kappa shape index (κ3) is 2.63. The van der Waals surface area contributed by atoms with Crippen molar-refractivity contribution in [2.45, 2.75) is 6.42 Å². The highest BCUT2D eigenvalue weighted by Gasteiger charge is 2.07. The van der Waals surface area contributed by atoms with Crippen LogP contribution in [0.4, 0.5) is 0 Å². The van der Waals surface area contributed by atoms with Crippen LogP contribution < -0.4 is 10.5 Å². The Bertz CT molecular complexity index is 338. The van der Waals surface area contributed by atoms with E-state index in [9.17, 15) is 9.90 Å². The monoisotopic (exact) mass is 197 g/mol. The van der Waals surface area contributed by atoms with Crippen LogP contribution in [0.3, 0.4) is 0 Å². The van der Waals surface area contributed by atoms with Crippen molar-refractivity contribution in [3.8, 4) is 11.5 Å². The lowest BCUT2D eigenvalue weighted by molar-refractivity contribution is -0.136. The summed E-state index contributed by atoms with van der Waals surface area (Å²) in [6, 6.07) is 4.35. The van der Waals surface area contributed by atoms with Gasteiger partial charge >= 0.3 is 5.97 Å². The number of phenolic OH excluding ortho intramolecular Hbond substituents is 1. The maximum Gasteiger partial charge on any atom is 0.307 e. The van der Waals surface area contributed by atoms with Crippen molar-refractivity contribution in [1.82, 2.24) is 0 Å². The second-order valence-electron chi connectivity index (χ2n) is 2.67. The van der Waals surface area contributed by atoms with Crippen LogP contribution in [0.1, 0.15) is 5.56 Å². The van der Waals surface area contributed by atoms with E-state index in [-0.39, 0.29) is 18.9 Å². The zero-order chi connectivity index (χ0) is 10.6. The van der Waals surface area contributed by atoms with Crippen molar-refractivity contribution in [2.24, 2.45) is 5.73 Å². The minimum atomic E-state index is -1.01. The number of carboxylic acid groups (broad SMARTS) is 1. The first-order valence-corrected chi connectivity index (χ1v) is 4.00. The molecule has 0 aliphatic carbocycles. The van der Waals surface area contributed by atoms with E-state index in [0.717, 1.165) is 0 Å². The van der Waals surface area contributed by atoms with E-state index >= 15 is 0 Å². The number of rotatable bonds is 4. The number of hydrogen-bond acceptors (Lipinski definition) is 4. The fourth-order valence-corrected chi connectivity index (χ4v) is 1.05. The van der Waals surface area contributed by atoms with Gasteiger partial charge in [0.1, 0.15) is 18.2 Å². The molecule has 0 amide bonds. The van der Waals surface area contributed by atoms with E-state index in [1.807, 2.05) is 0 Å². The van der Waals surface area contributed by atoms with Gasteiger partial charge in [0.25, 0.3) is 0 Å². The summed E-state index contributed by atoms with van der Waals surface area (Å²) < 4.78 is 4.96. The molecule has 4 N–H and O–H groups in total. The second-order valence-corrected chi connectivity index (χ2v) is 2.67. The minimum absolute atomic E-state index is 0.0112. The molecule has 1 aromatic rings. The summed E-state index contributed by atoms with van der Waals surface area (Å²) in [5.41, 5.74) is 5.46. The van der Waals surface area contributed by atoms with E-state index < -0.39 is 5.97 Å². The van der Waals surface area contributed by atoms with Gasteiger partial charge in [-0.2, -0.15) is 0 Å². The second kappa shape index (κ2) is 4.48. The number of aromatic hydroxyl groups is 1. The van der Waals surface area contributed by atoms with Gasteiger partial charge in [-0.05, 0) is 18.2 Å². The highest BCUT2D eigenvalue weighted by atomic mass is 16.5. The molecule has 0 saturated heterocycles. The number of aliphatic carboxylic acids is 1. The van der Waals surface area contributed by atoms with Gasteiger partial charge in [-0.15, -0.1) is 0 Å². The zero-order valence-corrected chi connectivity index (χ0v) is 7.43. The van der Waals surface area contributed by atoms with Gasteiger partial charge < -0.3 is 14.9 Å². The summed E-state index contributed by atoms with van der Waals surface area (Å²) in [5, 5.41) is 17.8. The summed E-state index contributed by atoms with van der Waals surface area (Å²) in [6.45, 7) is 0.0112. The molecule has 0 fully saturated rings. The average molecular weight is 197 g/mol. The number of benzene rings is 1. The summed E-state index contributed by atoms with van der Waals surface area (Å²) in [5.74, 6) is -0.622. The SMILES string of the molecule is NCOc1ccc(O)c(CC(=O)O)c1. The molecule has 0 aliphatic rings. The van der Waals surface area contributed by atoms with Crippen molar-refractivity contribution in [3.05, 3.63) is 23.8 Å². The third-order valence-corrected chi connectivity index (χ3v) is 1.64. The molecule has 5 nitrogen and oxygen atoms in total. The Labute approximate surface area is 80.7 Å². The topological polar surface area (TPSA) is 92.8 Å². The molecule has 1 rings (SSSR count). The number of carboxylic acids is 1. The average Bonchev–Trinajstić information content (AvgIpc) is 2.10. The van der Waals surface area contributed by atoms with E-state index in [2.05, 4.69) is 0 Å². The molecule has 14 heavy (non-hydrogen) atoms. The normalized spacial score (nSPS) is 9.79. The van der Waals surface area contributed by atoms with Crippen LogP contribution in [0.25, 0.3) is 0 Å². The summed E-state index contributed by atoms with van der Waals surface area (Å²) in [6.07, 6.45) is -0.242. The zero-order valence-electron chi connectivity index (χ0n) is 7.43. The van der Waals surface area contributed by atoms with Gasteiger partial charge in [0.15, 0.2) is 0 Å². The molecule has 0 heterocycles. The van der Waals surface area contributed by atoms with E-state index in [1.165, 1.54) is 18.2 Å². The van der Waals surface area contributed by atoms with Crippen molar-refractivity contribution in [3.63, 3.8) is 0 Å². The van der Waals surface area contributed by atoms with Gasteiger partial charge in [0.2, 0.25) is 0 Å². The molecule has 0 aliphatic heterocycles. The molecule has 1 aromatic carbocycles. The van der Waals surface area contributed by atoms with Gasteiger partial charge in [0.05, 0.1) is 6.42 Å². The van der Waals surface area contributed by atoms with Crippen LogP contribution in [0, 0.1) is 0 Å². The number of ether oxygens (including phenoxy) is 1. The molecule has 0 bridgehead atoms. The van der Waals surface area contributed by atoms with Crippen LogP contribution in [-0.2, 0) is 11.2 Å². The highest BCUT2D eigenvalue weighted by molar-refractivity contribution is 5.71. The Morgan fingerprint density at radius 3 is 2.79 bits per heavy atom. The third-order valence-electron chi connectivity index (χ3n) is 1.64. The molecule has 0 unspecified atom stereocenters. The molecular formula is C9H11NO4. The first-order valence-electron chi connectivity index (χ1n) is 4.00. The standard InChI is InChI=1S/C9H11NO4/c10-5-14-7-1-2-8(11)6(3-7)4-9(12)13/h1-3,11H,4-5,10H2,(H,12,13). The Kier molecular flexibility index (Phi) is 3.30. The predicted octanol–water partition coefficient (Wildman–Crippen LogP) is 0.314. The summed E-state index contributed by atoms with van der Waals surface area (Å²) in [4.78, 5) is 10.4. The molecule has 5 heteroatoms. The fraction of sp³-hybridized carbons (Fsp3) is 0.222. The van der Waals surface area contributed by atoms with Crippen LogP contribution in [0.2, 0.25) is 0 Å². The fourth-order valence-electron chi connectivity index (χ4n) is 1.05. The Morgan fingerprint density at radius 1 is 1.50 bits per heavy atom. The van der Waals surface area contributed by atoms with E-state index in [4.69, 9.17) is 15.6 Å². The maximum absolute atomic E-state index is 10.4. The largest absolute Gasteiger partial charge is 0.508 e. The molecule has 76 valence electrons. The van der Waals surface area contributed by atoms with Crippen LogP contribution in [0.5, 0.6) is 11.5 Å². The highest BCUT2D eigenvalue weighted by Crippen LogP contribution is 2.23. The van der Waals surface area contributed by atoms with Crippen molar-refractivity contribution < 1.29 is 19.7 Å². The van der Waals surface area contributed by atoms with Crippen molar-refractivity contribution >= 4 is 5.97 Å². The lowest BCUT2D eigenvalue weighted by Gasteiger charge is -2.06. The van der Waals surface area contributed by atoms with Gasteiger partial charge in [-0.25, -0.2) is 0 Å². The first-order chi connectivity index (χ1) is 6.63. The lowest BCUT2D eigenvalue weighted by atomic mass is 10.1. The number of hydrogen-bond donors (Lipinski definition) is 3. The van der Waals surface area contributed by atoms with Crippen molar-refractivity contribution in [2.75, 3.05) is 6.73 Å². The molecule has 0 radical (unpaired) electrons. The van der Waals surface area contributed by atoms with Gasteiger partial charge in [0, 0.05) is 5.56 Å². The number of carbonyl (C=O) groups is 1. The van der Waals surface area contributed by atoms with Crippen molar-refractivity contribution in [1.29, 1.82) is 0 Å². The Hall–Kier alpha value is -1.75. The number of phenols is 1. The molecule has 0 atom stereocenters. The van der Waals surface area contributed by atoms with Crippen LogP contribution in [-0.4, -0.2) is 22.9 Å². The van der Waals surface area contributed by atoms with Crippen LogP contribution >= 0.6 is 0 Å². The quantitative estimate of drug-likeness (QED) is 0.604. The molecular weight excluding hydrogens is 186 g/mol. The predicted molar refractivity (Wildman–Crippen MR) is 49.1 cm³/mol. The molecule has 0 spiro atoms. The van der Waals surface area contributed by atoms with E-state index in [1.54, 1.807) is 0 Å². The summed E-state index contributed by atoms with van der Waals surface area (Å²) >= 11 is 0. The summed E-state index contributed by atoms with van der Waals surface area (Å²) in [7, 11) is 0. The Morgan fingerprint density at radius 2 is 2.21 bits per heavy atom. The first kappa shape index (κ1) is 10.3. The lowest BCUT2D eigenvalue weighted by Crippen LogP contribution is -2.08. The maximum atomic E-state index is 10.4. The molecule has 0 saturated carbocycles. The van der Waals surface area contributed by atoms with Gasteiger partial charge in [-0.1, -0.05) is 0 Å². The van der Waals surface area contributed by atoms with E-state index in [0.29, 0.717) is 11.3 Å². The molecule has 0 aromatic heterocycles. The van der Waals surface area contributed by atoms with Crippen LogP contribution in [0.15, 0.2) is 18.2 Å². The number of nitrogens with two attached hydrogens (primary N) is 1. The smallest absolute Gasteiger partial charge is 0.307 e. The van der Waals surface area contributed by atoms with Gasteiger partial charge in [-0.3, -0.25) is 10.5 Å². The minimum Gasteiger partial charge on any atom is -0.508 e. The Balaban J connectivity index is 2.90.